The predicted molar refractivity (Wildman–Crippen MR) is 166 cm³/mol. The van der Waals surface area contributed by atoms with Crippen molar-refractivity contribution >= 4 is 28.5 Å². The summed E-state index contributed by atoms with van der Waals surface area (Å²) in [6.07, 6.45) is 1.76. The van der Waals surface area contributed by atoms with Crippen LogP contribution in [0.5, 0.6) is 0 Å². The molecule has 1 heterocycles. The van der Waals surface area contributed by atoms with Crippen LogP contribution in [-0.4, -0.2) is 63.8 Å². The molecule has 41 heavy (non-hydrogen) atoms. The van der Waals surface area contributed by atoms with Crippen LogP contribution in [0.4, 0.5) is 5.69 Å². The molecule has 0 saturated carbocycles. The van der Waals surface area contributed by atoms with Gasteiger partial charge in [0.05, 0.1) is 11.6 Å². The van der Waals surface area contributed by atoms with E-state index in [1.807, 2.05) is 74.1 Å². The molecule has 0 atom stereocenters. The fourth-order valence-corrected chi connectivity index (χ4v) is 4.81. The minimum absolute atomic E-state index is 0.0605. The zero-order valence-corrected chi connectivity index (χ0v) is 25.1. The van der Waals surface area contributed by atoms with E-state index in [0.29, 0.717) is 29.0 Å². The van der Waals surface area contributed by atoms with Gasteiger partial charge in [-0.05, 0) is 76.1 Å². The molecule has 2 aliphatic rings. The van der Waals surface area contributed by atoms with Gasteiger partial charge < -0.3 is 25.1 Å². The van der Waals surface area contributed by atoms with Gasteiger partial charge in [0.25, 0.3) is 5.91 Å². The van der Waals surface area contributed by atoms with Crippen molar-refractivity contribution in [3.8, 4) is 22.5 Å². The number of amides is 1. The Morgan fingerprint density at radius 3 is 2.29 bits per heavy atom. The first-order valence-electron chi connectivity index (χ1n) is 13.9. The molecule has 0 aromatic heterocycles. The number of nitrogens with one attached hydrogen (secondary N) is 2. The molecule has 0 spiro atoms. The van der Waals surface area contributed by atoms with E-state index in [1.54, 1.807) is 12.1 Å². The van der Waals surface area contributed by atoms with Crippen LogP contribution < -0.4 is 25.5 Å². The minimum atomic E-state index is -1.10. The van der Waals surface area contributed by atoms with Gasteiger partial charge in [0.15, 0.2) is 0 Å². The van der Waals surface area contributed by atoms with Gasteiger partial charge in [-0.15, -0.1) is 0 Å². The number of nitrogens with zero attached hydrogens (tertiary/aromatic N) is 2. The highest BCUT2D eigenvalue weighted by atomic mass is 16.4. The van der Waals surface area contributed by atoms with Gasteiger partial charge in [-0.2, -0.15) is 0 Å². The molecule has 0 radical (unpaired) electrons. The lowest BCUT2D eigenvalue weighted by molar-refractivity contribution is 0.0697. The average molecular weight is 558 g/mol. The molecule has 2 aromatic rings. The van der Waals surface area contributed by atoms with Crippen molar-refractivity contribution in [2.24, 2.45) is 0 Å². The quantitative estimate of drug-likeness (QED) is 0.154. The van der Waals surface area contributed by atoms with Crippen molar-refractivity contribution in [3.63, 3.8) is 0 Å². The van der Waals surface area contributed by atoms with Crippen LogP contribution in [0, 0.1) is 0 Å². The fraction of sp³-hybridized carbons (Fsp3) is 0.364. The van der Waals surface area contributed by atoms with Crippen LogP contribution in [0.2, 0.25) is 0 Å². The van der Waals surface area contributed by atoms with Crippen LogP contribution in [0.3, 0.4) is 0 Å². The lowest BCUT2D eigenvalue weighted by atomic mass is 9.89. The third-order valence-corrected chi connectivity index (χ3v) is 7.05. The van der Waals surface area contributed by atoms with E-state index >= 15 is 0 Å². The Labute approximate surface area is 241 Å². The average Bonchev–Trinajstić information content (AvgIpc) is 2.91. The first-order chi connectivity index (χ1) is 19.4. The highest BCUT2D eigenvalue weighted by Gasteiger charge is 2.23. The molecule has 1 aliphatic carbocycles. The summed E-state index contributed by atoms with van der Waals surface area (Å²) in [6.45, 7) is 7.75. The SMILES string of the molecule is CN(C)c1ccc2c(-c3ccc(C(=O)NCCCCNC(C)(C)C)cc3C(=O)O)c3ccc(=[N+](C)C)cc-3oc2c1. The first-order valence-corrected chi connectivity index (χ1v) is 13.9. The zero-order chi connectivity index (χ0) is 29.9. The smallest absolute Gasteiger partial charge is 0.336 e. The minimum Gasteiger partial charge on any atom is -0.478 e. The van der Waals surface area contributed by atoms with E-state index in [9.17, 15) is 14.7 Å². The number of carboxylic acid groups (broad SMARTS) is 1. The number of fused-ring (bicyclic) bond motifs is 2. The van der Waals surface area contributed by atoms with E-state index in [0.717, 1.165) is 46.9 Å². The molecule has 0 fully saturated rings. The third-order valence-electron chi connectivity index (χ3n) is 7.05. The number of hydrogen-bond acceptors (Lipinski definition) is 5. The summed E-state index contributed by atoms with van der Waals surface area (Å²) in [5.41, 5.74) is 4.14. The highest BCUT2D eigenvalue weighted by Crippen LogP contribution is 2.42. The number of aromatic carboxylic acids is 1. The summed E-state index contributed by atoms with van der Waals surface area (Å²) in [7, 11) is 7.84. The topological polar surface area (TPSA) is 97.8 Å². The van der Waals surface area contributed by atoms with Gasteiger partial charge in [-0.1, -0.05) is 6.07 Å². The second-order valence-corrected chi connectivity index (χ2v) is 11.8. The number of hydrogen-bond donors (Lipinski definition) is 3. The molecule has 0 bridgehead atoms. The Hall–Kier alpha value is -4.17. The summed E-state index contributed by atoms with van der Waals surface area (Å²) in [6, 6.07) is 16.7. The lowest BCUT2D eigenvalue weighted by Gasteiger charge is -2.20. The van der Waals surface area contributed by atoms with Crippen LogP contribution >= 0.6 is 0 Å². The van der Waals surface area contributed by atoms with Crippen molar-refractivity contribution < 1.29 is 19.1 Å². The standard InChI is InChI=1S/C33H40N4O4/c1-33(2,3)35-17-9-8-16-34-31(38)21-10-13-24(27(18-21)32(39)40)30-25-14-11-22(36(4)5)19-28(25)41-29-20-23(37(6)7)12-15-26(29)30/h10-15,18-20,35H,8-9,16-17H2,1-7H3,(H-,34,38,39,40)/p+1. The summed E-state index contributed by atoms with van der Waals surface area (Å²) in [5.74, 6) is -0.736. The van der Waals surface area contributed by atoms with Crippen molar-refractivity contribution in [2.45, 2.75) is 39.2 Å². The monoisotopic (exact) mass is 557 g/mol. The molecule has 8 heteroatoms. The Bertz CT molecular complexity index is 1620. The summed E-state index contributed by atoms with van der Waals surface area (Å²) in [4.78, 5) is 27.5. The maximum atomic E-state index is 12.9. The molecule has 1 aliphatic heterocycles. The largest absolute Gasteiger partial charge is 0.478 e. The van der Waals surface area contributed by atoms with E-state index < -0.39 is 5.97 Å². The van der Waals surface area contributed by atoms with Gasteiger partial charge in [0, 0.05) is 66.1 Å². The van der Waals surface area contributed by atoms with Crippen molar-refractivity contribution in [3.05, 3.63) is 71.1 Å². The second kappa shape index (κ2) is 12.1. The summed E-state index contributed by atoms with van der Waals surface area (Å²) < 4.78 is 8.37. The molecular formula is C33H41N4O4+. The third kappa shape index (κ3) is 6.95. The molecule has 8 nitrogen and oxygen atoms in total. The van der Waals surface area contributed by atoms with Crippen LogP contribution in [0.1, 0.15) is 54.3 Å². The maximum Gasteiger partial charge on any atom is 0.336 e. The Kier molecular flexibility index (Phi) is 8.83. The van der Waals surface area contributed by atoms with Crippen LogP contribution in [-0.2, 0) is 0 Å². The normalized spacial score (nSPS) is 11.6. The van der Waals surface area contributed by atoms with Gasteiger partial charge in [-0.3, -0.25) is 4.79 Å². The molecule has 1 amide bonds. The predicted octanol–water partition coefficient (Wildman–Crippen LogP) is 4.90. The number of benzene rings is 3. The van der Waals surface area contributed by atoms with Crippen molar-refractivity contribution in [1.29, 1.82) is 0 Å². The summed E-state index contributed by atoms with van der Waals surface area (Å²) >= 11 is 0. The number of anilines is 1. The van der Waals surface area contributed by atoms with E-state index in [2.05, 4.69) is 31.4 Å². The van der Waals surface area contributed by atoms with Crippen LogP contribution in [0.15, 0.2) is 59.0 Å². The molecule has 0 saturated heterocycles. The van der Waals surface area contributed by atoms with Gasteiger partial charge in [0.2, 0.25) is 5.36 Å². The van der Waals surface area contributed by atoms with Crippen molar-refractivity contribution in [2.75, 3.05) is 46.2 Å². The number of carbonyl (C=O) groups is 2. The first kappa shape index (κ1) is 29.8. The fourth-order valence-electron chi connectivity index (χ4n) is 4.81. The molecule has 4 rings (SSSR count). The Morgan fingerprint density at radius 1 is 0.927 bits per heavy atom. The van der Waals surface area contributed by atoms with Gasteiger partial charge in [0.1, 0.15) is 25.4 Å². The maximum absolute atomic E-state index is 12.9. The zero-order valence-electron chi connectivity index (χ0n) is 25.1. The number of unbranched alkanes of at least 4 members (excludes halogenated alkanes) is 1. The van der Waals surface area contributed by atoms with E-state index in [-0.39, 0.29) is 17.0 Å². The number of rotatable bonds is 9. The molecule has 216 valence electrons. The number of carboxylic acids is 1. The van der Waals surface area contributed by atoms with Crippen molar-refractivity contribution in [1.82, 2.24) is 15.2 Å². The molecule has 2 aromatic carbocycles. The van der Waals surface area contributed by atoms with E-state index in [1.165, 1.54) is 6.07 Å². The van der Waals surface area contributed by atoms with E-state index in [4.69, 9.17) is 4.42 Å². The lowest BCUT2D eigenvalue weighted by Crippen LogP contribution is -2.36. The number of carbonyl (C=O) groups excluding carboxylic acids is 1. The molecule has 3 N–H and O–H groups in total. The summed E-state index contributed by atoms with van der Waals surface area (Å²) in [5, 5.41) is 18.4. The van der Waals surface area contributed by atoms with Gasteiger partial charge in [-0.25, -0.2) is 9.37 Å². The van der Waals surface area contributed by atoms with Crippen LogP contribution in [0.25, 0.3) is 33.4 Å². The Morgan fingerprint density at radius 2 is 1.63 bits per heavy atom. The Balaban J connectivity index is 1.75. The molecule has 0 unspecified atom stereocenters. The highest BCUT2D eigenvalue weighted by molar-refractivity contribution is 6.09. The second-order valence-electron chi connectivity index (χ2n) is 11.8. The molecular weight excluding hydrogens is 516 g/mol. The van der Waals surface area contributed by atoms with Gasteiger partial charge >= 0.3 is 5.97 Å².